The predicted octanol–water partition coefficient (Wildman–Crippen LogP) is -1.06. The average Bonchev–Trinajstić information content (AvgIpc) is 2.81. The number of ether oxygens (including phenoxy) is 1. The first-order valence-corrected chi connectivity index (χ1v) is 7.42. The fourth-order valence-corrected chi connectivity index (χ4v) is 4.14. The maximum absolute atomic E-state index is 12.3. The summed E-state index contributed by atoms with van der Waals surface area (Å²) in [5, 5.41) is 18.6. The zero-order valence-corrected chi connectivity index (χ0v) is 12.0. The van der Waals surface area contributed by atoms with Gasteiger partial charge in [-0.2, -0.15) is 10.2 Å². The van der Waals surface area contributed by atoms with Crippen LogP contribution in [-0.2, 0) is 4.74 Å². The number of aromatic amines is 1. The number of rotatable bonds is 2. The molecule has 2 fully saturated rings. The molecule has 10 heteroatoms. The van der Waals surface area contributed by atoms with Crippen molar-refractivity contribution in [2.75, 3.05) is 12.3 Å². The number of nitrogens with zero attached hydrogens (tertiary/aromatic N) is 3. The van der Waals surface area contributed by atoms with Gasteiger partial charge < -0.3 is 15.6 Å². The van der Waals surface area contributed by atoms with E-state index in [0.717, 1.165) is 11.3 Å². The van der Waals surface area contributed by atoms with Gasteiger partial charge in [0.2, 0.25) is 5.95 Å². The van der Waals surface area contributed by atoms with Crippen LogP contribution in [0.4, 0.5) is 5.95 Å². The number of aliphatic hydroxyl groups excluding tert-OH is 1. The monoisotopic (exact) mass is 321 g/mol. The minimum atomic E-state index is -0.857. The number of H-pyrrole nitrogens is 1. The molecular formula is C12H11N5O4S. The second-order valence-electron chi connectivity index (χ2n) is 5.50. The van der Waals surface area contributed by atoms with E-state index in [0.29, 0.717) is 6.42 Å². The number of aliphatic hydroxyl groups is 1. The molecule has 4 N–H and O–H groups in total. The van der Waals surface area contributed by atoms with Crippen LogP contribution in [0, 0.1) is 16.7 Å². The van der Waals surface area contributed by atoms with Gasteiger partial charge in [-0.05, 0) is 6.42 Å². The predicted molar refractivity (Wildman–Crippen MR) is 76.4 cm³/mol. The van der Waals surface area contributed by atoms with Crippen LogP contribution in [0.25, 0.3) is 10.3 Å². The van der Waals surface area contributed by atoms with E-state index in [1.54, 1.807) is 0 Å². The molecule has 4 atom stereocenters. The molecule has 22 heavy (non-hydrogen) atoms. The van der Waals surface area contributed by atoms with Crippen molar-refractivity contribution in [3.63, 3.8) is 0 Å². The van der Waals surface area contributed by atoms with Crippen LogP contribution in [0.15, 0.2) is 9.59 Å². The second kappa shape index (κ2) is 4.16. The van der Waals surface area contributed by atoms with Crippen LogP contribution in [0.5, 0.6) is 0 Å². The van der Waals surface area contributed by atoms with E-state index < -0.39 is 29.2 Å². The molecule has 0 aromatic carbocycles. The second-order valence-corrected chi connectivity index (χ2v) is 6.47. The van der Waals surface area contributed by atoms with Crippen molar-refractivity contribution in [3.8, 4) is 6.07 Å². The lowest BCUT2D eigenvalue weighted by Gasteiger charge is -2.14. The Morgan fingerprint density at radius 2 is 2.41 bits per heavy atom. The van der Waals surface area contributed by atoms with Gasteiger partial charge in [0.25, 0.3) is 5.56 Å². The Balaban J connectivity index is 1.88. The number of anilines is 1. The van der Waals surface area contributed by atoms with Gasteiger partial charge in [0, 0.05) is 0 Å². The molecule has 1 saturated heterocycles. The molecule has 0 radical (unpaired) electrons. The molecule has 4 rings (SSSR count). The van der Waals surface area contributed by atoms with Crippen LogP contribution in [-0.4, -0.2) is 38.5 Å². The summed E-state index contributed by atoms with van der Waals surface area (Å²) in [6, 6.07) is 1.70. The van der Waals surface area contributed by atoms with Crippen LogP contribution in [0.2, 0.25) is 0 Å². The van der Waals surface area contributed by atoms with E-state index in [1.165, 1.54) is 4.57 Å². The van der Waals surface area contributed by atoms with Crippen LogP contribution < -0.4 is 16.2 Å². The molecule has 114 valence electrons. The van der Waals surface area contributed by atoms with Crippen molar-refractivity contribution in [2.45, 2.75) is 24.7 Å². The molecule has 2 aromatic rings. The number of nitrogens with two attached hydrogens (primary N) is 1. The molecule has 9 nitrogen and oxygen atoms in total. The Labute approximate surface area is 126 Å². The zero-order chi connectivity index (χ0) is 15.6. The fourth-order valence-electron chi connectivity index (χ4n) is 3.29. The van der Waals surface area contributed by atoms with Crippen molar-refractivity contribution in [2.24, 2.45) is 5.41 Å². The summed E-state index contributed by atoms with van der Waals surface area (Å²) in [6.07, 6.45) is -0.534. The number of nitrogen functional groups attached to an aromatic ring is 1. The van der Waals surface area contributed by atoms with Gasteiger partial charge in [0.15, 0.2) is 5.65 Å². The molecule has 1 aliphatic carbocycles. The Morgan fingerprint density at radius 3 is 3.05 bits per heavy atom. The van der Waals surface area contributed by atoms with Gasteiger partial charge in [0.05, 0.1) is 24.8 Å². The van der Waals surface area contributed by atoms with E-state index >= 15 is 0 Å². The highest BCUT2D eigenvalue weighted by molar-refractivity contribution is 7.16. The third-order valence-electron chi connectivity index (χ3n) is 4.30. The van der Waals surface area contributed by atoms with Crippen molar-refractivity contribution in [1.29, 1.82) is 5.26 Å². The van der Waals surface area contributed by atoms with Crippen LogP contribution >= 0.6 is 11.3 Å². The van der Waals surface area contributed by atoms with Crippen molar-refractivity contribution in [1.82, 2.24) is 14.5 Å². The first kappa shape index (κ1) is 13.4. The van der Waals surface area contributed by atoms with E-state index in [9.17, 15) is 14.9 Å². The van der Waals surface area contributed by atoms with Gasteiger partial charge in [-0.25, -0.2) is 0 Å². The van der Waals surface area contributed by atoms with Gasteiger partial charge in [0.1, 0.15) is 16.2 Å². The van der Waals surface area contributed by atoms with E-state index in [4.69, 9.17) is 15.6 Å². The first-order valence-electron chi connectivity index (χ1n) is 6.60. The van der Waals surface area contributed by atoms with Crippen LogP contribution in [0.1, 0.15) is 12.5 Å². The van der Waals surface area contributed by atoms with Crippen LogP contribution in [0.3, 0.4) is 0 Å². The summed E-state index contributed by atoms with van der Waals surface area (Å²) in [5.41, 5.74) is 4.38. The molecule has 0 bridgehead atoms. The lowest BCUT2D eigenvalue weighted by Crippen LogP contribution is -2.23. The largest absolute Gasteiger partial charge is 0.394 e. The molecule has 2 aromatic heterocycles. The molecule has 1 saturated carbocycles. The first-order chi connectivity index (χ1) is 10.5. The number of hydrogen-bond donors (Lipinski definition) is 3. The number of aromatic nitrogens is 3. The Kier molecular flexibility index (Phi) is 2.54. The Hall–Kier alpha value is -2.22. The highest BCUT2D eigenvalue weighted by Crippen LogP contribution is 2.65. The highest BCUT2D eigenvalue weighted by Gasteiger charge is 2.73. The van der Waals surface area contributed by atoms with Gasteiger partial charge in [-0.15, -0.1) is 0 Å². The summed E-state index contributed by atoms with van der Waals surface area (Å²) in [7, 11) is 0. The molecular weight excluding hydrogens is 310 g/mol. The molecule has 1 unspecified atom stereocenters. The standard InChI is InChI=1S/C12H11N5O4S/c13-3-12-1-4(2-18)21-7(12)6(12)17-8-5(22-11(17)20)9(19)16-10(14)15-8/h4,6-7,18H,1-2H2,(H3,14,15,16,19)/t4-,6?,7-,12-/m0/s1. The third-order valence-corrected chi connectivity index (χ3v) is 5.24. The number of fused-ring (bicyclic) bond motifs is 2. The Bertz CT molecular complexity index is 940. The molecule has 0 amide bonds. The summed E-state index contributed by atoms with van der Waals surface area (Å²) < 4.78 is 7.11. The lowest BCUT2D eigenvalue weighted by atomic mass is 10.0. The number of hydrogen-bond acceptors (Lipinski definition) is 8. The SMILES string of the molecule is N#C[C@]12C[C@@H](CO)O[C@H]1C2n1c(=O)sc2c(=O)[nH]c(N)nc21. The third kappa shape index (κ3) is 1.50. The summed E-state index contributed by atoms with van der Waals surface area (Å²) in [4.78, 5) is 30.1. The Morgan fingerprint density at radius 1 is 1.64 bits per heavy atom. The van der Waals surface area contributed by atoms with Gasteiger partial charge >= 0.3 is 4.87 Å². The summed E-state index contributed by atoms with van der Waals surface area (Å²) in [6.45, 7) is -0.170. The molecule has 2 aliphatic rings. The minimum Gasteiger partial charge on any atom is -0.394 e. The summed E-state index contributed by atoms with van der Waals surface area (Å²) >= 11 is 0.768. The smallest absolute Gasteiger partial charge is 0.309 e. The molecule has 0 spiro atoms. The van der Waals surface area contributed by atoms with E-state index in [2.05, 4.69) is 16.0 Å². The van der Waals surface area contributed by atoms with Crippen molar-refractivity contribution in [3.05, 3.63) is 20.0 Å². The summed E-state index contributed by atoms with van der Waals surface area (Å²) in [5.74, 6) is -0.0879. The number of thiazole rings is 1. The lowest BCUT2D eigenvalue weighted by molar-refractivity contribution is 0.0213. The van der Waals surface area contributed by atoms with Crippen molar-refractivity contribution >= 4 is 27.6 Å². The number of nitriles is 1. The minimum absolute atomic E-state index is 0.0879. The van der Waals surface area contributed by atoms with E-state index in [1.807, 2.05) is 0 Å². The topological polar surface area (TPSA) is 147 Å². The normalized spacial score (nSPS) is 32.8. The molecule has 1 aliphatic heterocycles. The average molecular weight is 321 g/mol. The molecule has 3 heterocycles. The number of nitrogens with one attached hydrogen (secondary N) is 1. The van der Waals surface area contributed by atoms with E-state index in [-0.39, 0.29) is 27.8 Å². The fraction of sp³-hybridized carbons (Fsp3) is 0.500. The maximum Gasteiger partial charge on any atom is 0.309 e. The van der Waals surface area contributed by atoms with Crippen molar-refractivity contribution < 1.29 is 9.84 Å². The zero-order valence-electron chi connectivity index (χ0n) is 11.1. The maximum atomic E-state index is 12.3. The van der Waals surface area contributed by atoms with Gasteiger partial charge in [-0.3, -0.25) is 19.1 Å². The highest BCUT2D eigenvalue weighted by atomic mass is 32.1. The quantitative estimate of drug-likeness (QED) is 0.639. The van der Waals surface area contributed by atoms with Gasteiger partial charge in [-0.1, -0.05) is 11.3 Å².